The quantitative estimate of drug-likeness (QED) is 0.596. The van der Waals surface area contributed by atoms with Gasteiger partial charge in [0.05, 0.1) is 10.8 Å². The van der Waals surface area contributed by atoms with E-state index in [2.05, 4.69) is 10.0 Å². The molecule has 0 saturated heterocycles. The van der Waals surface area contributed by atoms with Crippen molar-refractivity contribution in [1.29, 1.82) is 0 Å². The maximum Gasteiger partial charge on any atom is 0.261 e. The molecule has 2 N–H and O–H groups in total. The van der Waals surface area contributed by atoms with E-state index in [0.717, 1.165) is 5.56 Å². The van der Waals surface area contributed by atoms with Gasteiger partial charge in [0.25, 0.3) is 5.91 Å². The summed E-state index contributed by atoms with van der Waals surface area (Å²) in [5.41, 5.74) is 1.51. The molecule has 2 aromatic carbocycles. The Bertz CT molecular complexity index is 947. The standard InChI is InChI=1S/C20H24Cl2N2O4S/c1-13(2)24-29(26,27)12-16-6-4-15(5-7-16)11-23-20(25)14(3)28-19-9-8-17(21)10-18(19)22/h4-10,13-14,24H,11-12H2,1-3H3,(H,23,25). The molecule has 9 heteroatoms. The molecule has 0 aromatic heterocycles. The van der Waals surface area contributed by atoms with Crippen molar-refractivity contribution in [2.24, 2.45) is 0 Å². The number of halogens is 2. The second-order valence-electron chi connectivity index (χ2n) is 6.90. The number of hydrogen-bond acceptors (Lipinski definition) is 4. The van der Waals surface area contributed by atoms with E-state index >= 15 is 0 Å². The van der Waals surface area contributed by atoms with E-state index in [9.17, 15) is 13.2 Å². The minimum atomic E-state index is -3.38. The minimum Gasteiger partial charge on any atom is -0.479 e. The third-order valence-electron chi connectivity index (χ3n) is 3.83. The lowest BCUT2D eigenvalue weighted by Gasteiger charge is -2.16. The first-order valence-electron chi connectivity index (χ1n) is 9.03. The average Bonchev–Trinajstić information content (AvgIpc) is 2.61. The number of hydrogen-bond donors (Lipinski definition) is 2. The number of ether oxygens (including phenoxy) is 1. The predicted octanol–water partition coefficient (Wildman–Crippen LogP) is 3.90. The molecule has 1 amide bonds. The lowest BCUT2D eigenvalue weighted by Crippen LogP contribution is -2.36. The van der Waals surface area contributed by atoms with Crippen LogP contribution in [-0.2, 0) is 27.1 Å². The highest BCUT2D eigenvalue weighted by atomic mass is 35.5. The zero-order valence-electron chi connectivity index (χ0n) is 16.4. The number of amides is 1. The molecule has 0 bridgehead atoms. The van der Waals surface area contributed by atoms with E-state index in [4.69, 9.17) is 27.9 Å². The second kappa shape index (κ2) is 10.3. The Labute approximate surface area is 181 Å². The van der Waals surface area contributed by atoms with Crippen molar-refractivity contribution in [3.63, 3.8) is 0 Å². The Morgan fingerprint density at radius 3 is 2.24 bits per heavy atom. The molecule has 1 atom stereocenters. The Hall–Kier alpha value is -1.80. The minimum absolute atomic E-state index is 0.0927. The Morgan fingerprint density at radius 1 is 1.03 bits per heavy atom. The molecule has 29 heavy (non-hydrogen) atoms. The third-order valence-corrected chi connectivity index (χ3v) is 5.90. The van der Waals surface area contributed by atoms with Crippen molar-refractivity contribution in [2.75, 3.05) is 0 Å². The molecular weight excluding hydrogens is 435 g/mol. The molecular formula is C20H24Cl2N2O4S. The fourth-order valence-electron chi connectivity index (χ4n) is 2.52. The molecule has 0 spiro atoms. The Morgan fingerprint density at radius 2 is 1.66 bits per heavy atom. The van der Waals surface area contributed by atoms with Gasteiger partial charge in [-0.2, -0.15) is 0 Å². The topological polar surface area (TPSA) is 84.5 Å². The Balaban J connectivity index is 1.88. The second-order valence-corrected chi connectivity index (χ2v) is 9.50. The fraction of sp³-hybridized carbons (Fsp3) is 0.350. The van der Waals surface area contributed by atoms with Crippen LogP contribution < -0.4 is 14.8 Å². The van der Waals surface area contributed by atoms with Gasteiger partial charge in [-0.1, -0.05) is 47.5 Å². The van der Waals surface area contributed by atoms with Crippen molar-refractivity contribution in [1.82, 2.24) is 10.0 Å². The van der Waals surface area contributed by atoms with Gasteiger partial charge in [-0.25, -0.2) is 13.1 Å². The molecule has 0 aliphatic carbocycles. The summed E-state index contributed by atoms with van der Waals surface area (Å²) >= 11 is 11.9. The average molecular weight is 459 g/mol. The van der Waals surface area contributed by atoms with Crippen LogP contribution in [0.15, 0.2) is 42.5 Å². The van der Waals surface area contributed by atoms with Gasteiger partial charge < -0.3 is 10.1 Å². The molecule has 2 rings (SSSR count). The molecule has 6 nitrogen and oxygen atoms in total. The van der Waals surface area contributed by atoms with Crippen LogP contribution in [0.1, 0.15) is 31.9 Å². The lowest BCUT2D eigenvalue weighted by molar-refractivity contribution is -0.127. The van der Waals surface area contributed by atoms with Gasteiger partial charge in [0, 0.05) is 17.6 Å². The number of sulfonamides is 1. The first kappa shape index (κ1) is 23.5. The van der Waals surface area contributed by atoms with Crippen molar-refractivity contribution in [2.45, 2.75) is 45.2 Å². The first-order chi connectivity index (χ1) is 13.6. The van der Waals surface area contributed by atoms with Crippen LogP contribution in [0.3, 0.4) is 0 Å². The van der Waals surface area contributed by atoms with Crippen LogP contribution in [0, 0.1) is 0 Å². The summed E-state index contributed by atoms with van der Waals surface area (Å²) in [6.07, 6.45) is -0.750. The normalized spacial score (nSPS) is 12.6. The highest BCUT2D eigenvalue weighted by Crippen LogP contribution is 2.28. The molecule has 1 unspecified atom stereocenters. The summed E-state index contributed by atoms with van der Waals surface area (Å²) in [5, 5.41) is 3.59. The van der Waals surface area contributed by atoms with E-state index in [-0.39, 0.29) is 24.2 Å². The van der Waals surface area contributed by atoms with Crippen LogP contribution in [0.5, 0.6) is 5.75 Å². The highest BCUT2D eigenvalue weighted by Gasteiger charge is 2.16. The molecule has 0 aliphatic rings. The van der Waals surface area contributed by atoms with Crippen molar-refractivity contribution in [3.8, 4) is 5.75 Å². The van der Waals surface area contributed by atoms with Crippen LogP contribution >= 0.6 is 23.2 Å². The van der Waals surface area contributed by atoms with Gasteiger partial charge in [-0.15, -0.1) is 0 Å². The summed E-state index contributed by atoms with van der Waals surface area (Å²) in [6.45, 7) is 5.46. The number of benzene rings is 2. The van der Waals surface area contributed by atoms with E-state index in [1.165, 1.54) is 0 Å². The maximum atomic E-state index is 12.3. The summed E-state index contributed by atoms with van der Waals surface area (Å²) in [5.74, 6) is -0.0204. The van der Waals surface area contributed by atoms with Gasteiger partial charge >= 0.3 is 0 Å². The molecule has 158 valence electrons. The number of carbonyl (C=O) groups excluding carboxylic acids is 1. The third kappa shape index (κ3) is 7.85. The van der Waals surface area contributed by atoms with E-state index in [1.54, 1.807) is 63.2 Å². The van der Waals surface area contributed by atoms with Crippen LogP contribution in [0.2, 0.25) is 10.0 Å². The Kier molecular flexibility index (Phi) is 8.34. The predicted molar refractivity (Wildman–Crippen MR) is 116 cm³/mol. The van der Waals surface area contributed by atoms with Crippen molar-refractivity contribution < 1.29 is 17.9 Å². The van der Waals surface area contributed by atoms with Crippen LogP contribution in [0.25, 0.3) is 0 Å². The zero-order valence-corrected chi connectivity index (χ0v) is 18.7. The van der Waals surface area contributed by atoms with Gasteiger partial charge in [-0.05, 0) is 50.1 Å². The summed E-state index contributed by atoms with van der Waals surface area (Å²) < 4.78 is 32.1. The van der Waals surface area contributed by atoms with Gasteiger partial charge in [0.15, 0.2) is 6.10 Å². The SMILES string of the molecule is CC(C)NS(=O)(=O)Cc1ccc(CNC(=O)C(C)Oc2ccc(Cl)cc2Cl)cc1. The summed E-state index contributed by atoms with van der Waals surface area (Å²) in [4.78, 5) is 12.3. The van der Waals surface area contributed by atoms with Gasteiger partial charge in [-0.3, -0.25) is 4.79 Å². The number of nitrogens with one attached hydrogen (secondary N) is 2. The number of carbonyl (C=O) groups is 1. The van der Waals surface area contributed by atoms with E-state index in [0.29, 0.717) is 21.4 Å². The largest absolute Gasteiger partial charge is 0.479 e. The molecule has 0 radical (unpaired) electrons. The fourth-order valence-corrected chi connectivity index (χ4v) is 4.41. The van der Waals surface area contributed by atoms with Gasteiger partial charge in [0.2, 0.25) is 10.0 Å². The molecule has 2 aromatic rings. The highest BCUT2D eigenvalue weighted by molar-refractivity contribution is 7.88. The summed E-state index contributed by atoms with van der Waals surface area (Å²) in [6, 6.07) is 11.6. The zero-order chi connectivity index (χ0) is 21.6. The van der Waals surface area contributed by atoms with E-state index in [1.807, 2.05) is 0 Å². The molecule has 0 saturated carbocycles. The molecule has 0 aliphatic heterocycles. The number of rotatable bonds is 9. The van der Waals surface area contributed by atoms with E-state index < -0.39 is 16.1 Å². The maximum absolute atomic E-state index is 12.3. The van der Waals surface area contributed by atoms with Crippen LogP contribution in [-0.4, -0.2) is 26.5 Å². The lowest BCUT2D eigenvalue weighted by atomic mass is 10.1. The molecule has 0 fully saturated rings. The smallest absolute Gasteiger partial charge is 0.261 e. The summed E-state index contributed by atoms with van der Waals surface area (Å²) in [7, 11) is -3.38. The monoisotopic (exact) mass is 458 g/mol. The molecule has 0 heterocycles. The van der Waals surface area contributed by atoms with Crippen molar-refractivity contribution in [3.05, 3.63) is 63.6 Å². The first-order valence-corrected chi connectivity index (χ1v) is 11.4. The van der Waals surface area contributed by atoms with Crippen LogP contribution in [0.4, 0.5) is 0 Å². The van der Waals surface area contributed by atoms with Gasteiger partial charge in [0.1, 0.15) is 5.75 Å². The van der Waals surface area contributed by atoms with Crippen molar-refractivity contribution >= 4 is 39.1 Å².